The number of anilines is 2. The number of rotatable bonds is 7. The van der Waals surface area contributed by atoms with Gasteiger partial charge in [0.25, 0.3) is 0 Å². The molecule has 0 unspecified atom stereocenters. The highest BCUT2D eigenvalue weighted by atomic mass is 19.4. The first-order chi connectivity index (χ1) is 16.3. The summed E-state index contributed by atoms with van der Waals surface area (Å²) in [6, 6.07) is 11.9. The smallest absolute Gasteiger partial charge is 0.416 e. The van der Waals surface area contributed by atoms with Gasteiger partial charge in [-0.25, -0.2) is 14.2 Å². The SMILES string of the molecule is O=C(Nc1ccc(Oc2ccnc3[nH]ccc23)cc1)Nc1cc(OCCF)cc(C(F)(F)F)c1. The first kappa shape index (κ1) is 22.9. The molecule has 0 saturated carbocycles. The van der Waals surface area contributed by atoms with Crippen molar-refractivity contribution in [1.29, 1.82) is 0 Å². The number of H-pyrrole nitrogens is 1. The predicted octanol–water partition coefficient (Wildman–Crippen LogP) is 6.37. The van der Waals surface area contributed by atoms with E-state index in [0.717, 1.165) is 17.5 Å². The lowest BCUT2D eigenvalue weighted by atomic mass is 10.2. The first-order valence-corrected chi connectivity index (χ1v) is 10.0. The monoisotopic (exact) mass is 474 g/mol. The molecule has 0 spiro atoms. The van der Waals surface area contributed by atoms with Gasteiger partial charge in [0.2, 0.25) is 0 Å². The molecule has 0 aliphatic rings. The minimum atomic E-state index is -4.67. The second kappa shape index (κ2) is 9.69. The van der Waals surface area contributed by atoms with E-state index >= 15 is 0 Å². The molecule has 34 heavy (non-hydrogen) atoms. The molecule has 0 aliphatic carbocycles. The molecule has 176 valence electrons. The van der Waals surface area contributed by atoms with Crippen LogP contribution in [0.15, 0.2) is 67.0 Å². The third-order valence-corrected chi connectivity index (χ3v) is 4.60. The summed E-state index contributed by atoms with van der Waals surface area (Å²) in [5.41, 5.74) is -0.129. The van der Waals surface area contributed by atoms with Crippen LogP contribution >= 0.6 is 0 Å². The number of ether oxygens (including phenoxy) is 2. The van der Waals surface area contributed by atoms with Crippen LogP contribution in [0.25, 0.3) is 11.0 Å². The van der Waals surface area contributed by atoms with E-state index in [1.54, 1.807) is 42.7 Å². The Kier molecular flexibility index (Phi) is 6.53. The third kappa shape index (κ3) is 5.55. The molecule has 4 rings (SSSR count). The van der Waals surface area contributed by atoms with Gasteiger partial charge < -0.3 is 25.1 Å². The number of aromatic nitrogens is 2. The van der Waals surface area contributed by atoms with Gasteiger partial charge in [-0.3, -0.25) is 0 Å². The Bertz CT molecular complexity index is 1290. The average Bonchev–Trinajstić information content (AvgIpc) is 3.28. The van der Waals surface area contributed by atoms with E-state index in [1.807, 2.05) is 6.07 Å². The maximum atomic E-state index is 13.1. The average molecular weight is 474 g/mol. The number of carbonyl (C=O) groups excluding carboxylic acids is 1. The van der Waals surface area contributed by atoms with Crippen molar-refractivity contribution in [3.63, 3.8) is 0 Å². The van der Waals surface area contributed by atoms with Crippen molar-refractivity contribution in [1.82, 2.24) is 9.97 Å². The van der Waals surface area contributed by atoms with Gasteiger partial charge in [0, 0.05) is 29.8 Å². The molecular weight excluding hydrogens is 456 g/mol. The number of aromatic amines is 1. The minimum absolute atomic E-state index is 0.158. The first-order valence-electron chi connectivity index (χ1n) is 10.0. The number of pyridine rings is 1. The van der Waals surface area contributed by atoms with Crippen LogP contribution in [0.3, 0.4) is 0 Å². The molecule has 4 aromatic rings. The molecule has 0 fully saturated rings. The summed E-state index contributed by atoms with van der Waals surface area (Å²) in [6.07, 6.45) is -1.31. The number of urea groups is 1. The number of fused-ring (bicyclic) bond motifs is 1. The number of halogens is 4. The largest absolute Gasteiger partial charge is 0.491 e. The van der Waals surface area contributed by atoms with E-state index in [-0.39, 0.29) is 11.4 Å². The Morgan fingerprint density at radius 2 is 1.74 bits per heavy atom. The molecule has 0 aliphatic heterocycles. The summed E-state index contributed by atoms with van der Waals surface area (Å²) in [7, 11) is 0. The van der Waals surface area contributed by atoms with Gasteiger partial charge in [-0.2, -0.15) is 13.2 Å². The number of amides is 2. The second-order valence-corrected chi connectivity index (χ2v) is 7.04. The van der Waals surface area contributed by atoms with Crippen LogP contribution in [0, 0.1) is 0 Å². The van der Waals surface area contributed by atoms with Crippen molar-refractivity contribution in [2.45, 2.75) is 6.18 Å². The van der Waals surface area contributed by atoms with E-state index in [9.17, 15) is 22.4 Å². The van der Waals surface area contributed by atoms with E-state index in [0.29, 0.717) is 22.8 Å². The van der Waals surface area contributed by atoms with Crippen molar-refractivity contribution >= 4 is 28.4 Å². The van der Waals surface area contributed by atoms with Crippen molar-refractivity contribution in [3.8, 4) is 17.2 Å². The number of hydrogen-bond acceptors (Lipinski definition) is 4. The topological polar surface area (TPSA) is 88.3 Å². The van der Waals surface area contributed by atoms with E-state index in [1.165, 1.54) is 6.07 Å². The predicted molar refractivity (Wildman–Crippen MR) is 118 cm³/mol. The molecule has 0 atom stereocenters. The maximum absolute atomic E-state index is 13.1. The van der Waals surface area contributed by atoms with E-state index < -0.39 is 31.1 Å². The molecule has 2 aromatic carbocycles. The lowest BCUT2D eigenvalue weighted by molar-refractivity contribution is -0.137. The fraction of sp³-hybridized carbons (Fsp3) is 0.130. The fourth-order valence-corrected chi connectivity index (χ4v) is 3.13. The van der Waals surface area contributed by atoms with Gasteiger partial charge in [0.15, 0.2) is 0 Å². The van der Waals surface area contributed by atoms with Gasteiger partial charge in [0.05, 0.1) is 10.9 Å². The summed E-state index contributed by atoms with van der Waals surface area (Å²) in [4.78, 5) is 19.5. The number of hydrogen-bond donors (Lipinski definition) is 3. The summed E-state index contributed by atoms with van der Waals surface area (Å²) in [5, 5.41) is 5.66. The highest BCUT2D eigenvalue weighted by Gasteiger charge is 2.31. The fourth-order valence-electron chi connectivity index (χ4n) is 3.13. The molecule has 3 N–H and O–H groups in total. The van der Waals surface area contributed by atoms with Crippen LogP contribution in [0.5, 0.6) is 17.2 Å². The zero-order valence-electron chi connectivity index (χ0n) is 17.4. The lowest BCUT2D eigenvalue weighted by Crippen LogP contribution is -2.20. The van der Waals surface area contributed by atoms with Gasteiger partial charge in [-0.05, 0) is 48.5 Å². The minimum Gasteiger partial charge on any atom is -0.491 e. The van der Waals surface area contributed by atoms with Gasteiger partial charge in [-0.15, -0.1) is 0 Å². The summed E-state index contributed by atoms with van der Waals surface area (Å²) < 4.78 is 62.6. The highest BCUT2D eigenvalue weighted by molar-refractivity contribution is 6.00. The maximum Gasteiger partial charge on any atom is 0.416 e. The quantitative estimate of drug-likeness (QED) is 0.272. The van der Waals surface area contributed by atoms with Crippen LogP contribution in [-0.4, -0.2) is 29.3 Å². The summed E-state index contributed by atoms with van der Waals surface area (Å²) in [6.45, 7) is -1.27. The number of nitrogens with one attached hydrogen (secondary N) is 3. The molecule has 2 aromatic heterocycles. The molecule has 7 nitrogen and oxygen atoms in total. The number of carbonyl (C=O) groups is 1. The van der Waals surface area contributed by atoms with Gasteiger partial charge in [-0.1, -0.05) is 0 Å². The van der Waals surface area contributed by atoms with Crippen LogP contribution in [0.1, 0.15) is 5.56 Å². The van der Waals surface area contributed by atoms with Crippen LogP contribution in [0.2, 0.25) is 0 Å². The third-order valence-electron chi connectivity index (χ3n) is 4.60. The molecule has 0 bridgehead atoms. The van der Waals surface area contributed by atoms with Crippen molar-refractivity contribution in [2.24, 2.45) is 0 Å². The summed E-state index contributed by atoms with van der Waals surface area (Å²) >= 11 is 0. The highest BCUT2D eigenvalue weighted by Crippen LogP contribution is 2.34. The molecule has 11 heteroatoms. The van der Waals surface area contributed by atoms with Crippen LogP contribution in [0.4, 0.5) is 33.7 Å². The number of nitrogens with zero attached hydrogens (tertiary/aromatic N) is 1. The van der Waals surface area contributed by atoms with Crippen molar-refractivity contribution in [2.75, 3.05) is 23.9 Å². The van der Waals surface area contributed by atoms with Gasteiger partial charge in [0.1, 0.15) is 36.2 Å². The van der Waals surface area contributed by atoms with Crippen LogP contribution < -0.4 is 20.1 Å². The Balaban J connectivity index is 1.42. The second-order valence-electron chi connectivity index (χ2n) is 7.04. The van der Waals surface area contributed by atoms with Crippen molar-refractivity contribution < 1.29 is 31.8 Å². The molecular formula is C23H18F4N4O3. The number of alkyl halides is 4. The van der Waals surface area contributed by atoms with E-state index in [4.69, 9.17) is 9.47 Å². The Hall–Kier alpha value is -4.28. The molecule has 0 saturated heterocycles. The lowest BCUT2D eigenvalue weighted by Gasteiger charge is -2.14. The van der Waals surface area contributed by atoms with Gasteiger partial charge >= 0.3 is 12.2 Å². The summed E-state index contributed by atoms with van der Waals surface area (Å²) in [5.74, 6) is 0.893. The zero-order valence-corrected chi connectivity index (χ0v) is 17.4. The Labute approximate surface area is 190 Å². The number of benzene rings is 2. The Morgan fingerprint density at radius 1 is 0.971 bits per heavy atom. The van der Waals surface area contributed by atoms with Crippen molar-refractivity contribution in [3.05, 3.63) is 72.6 Å². The van der Waals surface area contributed by atoms with E-state index in [2.05, 4.69) is 20.6 Å². The molecule has 2 amide bonds. The zero-order chi connectivity index (χ0) is 24.1. The normalized spacial score (nSPS) is 11.3. The van der Waals surface area contributed by atoms with Crippen LogP contribution in [-0.2, 0) is 6.18 Å². The standard InChI is InChI=1S/C23H18F4N4O3/c24-7-10-33-18-12-14(23(25,26)27)11-16(13-18)31-22(32)30-15-1-3-17(4-2-15)34-20-6-9-29-21-19(20)5-8-28-21/h1-6,8-9,11-13H,7,10H2,(H,28,29)(H2,30,31,32). The Morgan fingerprint density at radius 3 is 2.47 bits per heavy atom. The molecule has 0 radical (unpaired) electrons. The molecule has 2 heterocycles.